The molecule has 1 aliphatic heterocycles. The molecule has 1 saturated carbocycles. The molecule has 110 valence electrons. The van der Waals surface area contributed by atoms with Crippen molar-refractivity contribution in [3.63, 3.8) is 0 Å². The van der Waals surface area contributed by atoms with Gasteiger partial charge in [-0.05, 0) is 26.7 Å². The number of nitrogens with one attached hydrogen (secondary N) is 1. The topological polar surface area (TPSA) is 41.6 Å². The summed E-state index contributed by atoms with van der Waals surface area (Å²) in [6.07, 6.45) is 7.20. The van der Waals surface area contributed by atoms with Crippen molar-refractivity contribution in [1.82, 2.24) is 10.2 Å². The molecule has 2 rings (SSSR count). The minimum Gasteiger partial charge on any atom is -0.469 e. The van der Waals surface area contributed by atoms with Gasteiger partial charge in [0.1, 0.15) is 0 Å². The van der Waals surface area contributed by atoms with E-state index in [1.165, 1.54) is 39.2 Å². The number of esters is 1. The molecule has 1 heterocycles. The summed E-state index contributed by atoms with van der Waals surface area (Å²) in [5.41, 5.74) is 0.189. The van der Waals surface area contributed by atoms with Crippen LogP contribution in [0.15, 0.2) is 0 Å². The van der Waals surface area contributed by atoms with Crippen LogP contribution >= 0.6 is 0 Å². The summed E-state index contributed by atoms with van der Waals surface area (Å²) in [6, 6.07) is 0.938. The fraction of sp³-hybridized carbons (Fsp3) is 0.933. The number of piperazine rings is 1. The molecular weight excluding hydrogens is 240 g/mol. The second kappa shape index (κ2) is 6.23. The smallest absolute Gasteiger partial charge is 0.307 e. The van der Waals surface area contributed by atoms with Crippen molar-refractivity contribution in [3.05, 3.63) is 0 Å². The summed E-state index contributed by atoms with van der Waals surface area (Å²) in [5, 5.41) is 3.50. The van der Waals surface area contributed by atoms with Gasteiger partial charge in [0.25, 0.3) is 0 Å². The molecule has 1 N–H and O–H groups in total. The van der Waals surface area contributed by atoms with Gasteiger partial charge in [0.15, 0.2) is 0 Å². The van der Waals surface area contributed by atoms with Crippen molar-refractivity contribution >= 4 is 5.97 Å². The first-order chi connectivity index (χ1) is 9.03. The Kier molecular flexibility index (Phi) is 4.85. The Morgan fingerprint density at radius 2 is 2.00 bits per heavy atom. The summed E-state index contributed by atoms with van der Waals surface area (Å²) in [7, 11) is 1.47. The molecule has 0 aromatic heterocycles. The number of nitrogens with zero attached hydrogens (tertiary/aromatic N) is 1. The van der Waals surface area contributed by atoms with E-state index < -0.39 is 0 Å². The Bertz CT molecular complexity index is 311. The summed E-state index contributed by atoms with van der Waals surface area (Å²) in [5.74, 6) is -0.110. The number of rotatable bonds is 3. The van der Waals surface area contributed by atoms with E-state index in [-0.39, 0.29) is 17.6 Å². The highest BCUT2D eigenvalue weighted by molar-refractivity contribution is 5.70. The van der Waals surface area contributed by atoms with E-state index in [9.17, 15) is 4.79 Å². The fourth-order valence-corrected chi connectivity index (χ4v) is 3.50. The Labute approximate surface area is 116 Å². The van der Waals surface area contributed by atoms with Gasteiger partial charge in [0.05, 0.1) is 13.5 Å². The van der Waals surface area contributed by atoms with E-state index >= 15 is 0 Å². The molecule has 1 unspecified atom stereocenters. The minimum absolute atomic E-state index is 0.110. The molecular formula is C15H28N2O2. The second-order valence-electron chi connectivity index (χ2n) is 6.61. The van der Waals surface area contributed by atoms with Crippen LogP contribution in [0.1, 0.15) is 52.4 Å². The van der Waals surface area contributed by atoms with Crippen molar-refractivity contribution in [2.45, 2.75) is 70.0 Å². The molecule has 0 aromatic rings. The van der Waals surface area contributed by atoms with E-state index in [1.54, 1.807) is 0 Å². The summed E-state index contributed by atoms with van der Waals surface area (Å²) in [4.78, 5) is 14.1. The average Bonchev–Trinajstić information content (AvgIpc) is 2.41. The van der Waals surface area contributed by atoms with E-state index in [1.807, 2.05) is 0 Å². The molecule has 0 aromatic carbocycles. The van der Waals surface area contributed by atoms with Crippen LogP contribution in [0, 0.1) is 0 Å². The monoisotopic (exact) mass is 268 g/mol. The van der Waals surface area contributed by atoms with E-state index in [4.69, 9.17) is 4.74 Å². The third-order valence-electron chi connectivity index (χ3n) is 4.67. The van der Waals surface area contributed by atoms with Crippen LogP contribution in [-0.4, -0.2) is 48.7 Å². The van der Waals surface area contributed by atoms with Gasteiger partial charge in [-0.15, -0.1) is 0 Å². The van der Waals surface area contributed by atoms with E-state index in [2.05, 4.69) is 24.1 Å². The van der Waals surface area contributed by atoms with Crippen LogP contribution in [0.3, 0.4) is 0 Å². The zero-order valence-corrected chi connectivity index (χ0v) is 12.6. The maximum atomic E-state index is 11.4. The van der Waals surface area contributed by atoms with Crippen molar-refractivity contribution in [2.24, 2.45) is 0 Å². The molecule has 0 bridgehead atoms. The molecule has 0 radical (unpaired) electrons. The Morgan fingerprint density at radius 3 is 2.63 bits per heavy atom. The highest BCUT2D eigenvalue weighted by Gasteiger charge is 2.38. The first kappa shape index (κ1) is 14.8. The van der Waals surface area contributed by atoms with Gasteiger partial charge in [-0.3, -0.25) is 9.69 Å². The van der Waals surface area contributed by atoms with Crippen molar-refractivity contribution < 1.29 is 9.53 Å². The van der Waals surface area contributed by atoms with Gasteiger partial charge in [-0.1, -0.05) is 19.3 Å². The van der Waals surface area contributed by atoms with Gasteiger partial charge in [0.2, 0.25) is 0 Å². The normalized spacial score (nSPS) is 29.1. The van der Waals surface area contributed by atoms with Crippen molar-refractivity contribution in [3.8, 4) is 0 Å². The van der Waals surface area contributed by atoms with E-state index in [0.29, 0.717) is 12.5 Å². The highest BCUT2D eigenvalue weighted by Crippen LogP contribution is 2.30. The van der Waals surface area contributed by atoms with Gasteiger partial charge in [-0.25, -0.2) is 0 Å². The quantitative estimate of drug-likeness (QED) is 0.794. The van der Waals surface area contributed by atoms with Crippen LogP contribution < -0.4 is 5.32 Å². The fourth-order valence-electron chi connectivity index (χ4n) is 3.50. The van der Waals surface area contributed by atoms with Crippen LogP contribution in [0.5, 0.6) is 0 Å². The van der Waals surface area contributed by atoms with Crippen LogP contribution in [-0.2, 0) is 9.53 Å². The lowest BCUT2D eigenvalue weighted by Gasteiger charge is -2.50. The number of hydrogen-bond acceptors (Lipinski definition) is 4. The number of hydrogen-bond donors (Lipinski definition) is 1. The van der Waals surface area contributed by atoms with Gasteiger partial charge >= 0.3 is 5.97 Å². The maximum absolute atomic E-state index is 11.4. The summed E-state index contributed by atoms with van der Waals surface area (Å²) in [6.45, 7) is 6.53. The molecule has 2 fully saturated rings. The SMILES string of the molecule is COC(=O)CC1CN(C2CCCCC2)C(C)(C)CN1. The highest BCUT2D eigenvalue weighted by atomic mass is 16.5. The van der Waals surface area contributed by atoms with Gasteiger partial charge in [-0.2, -0.15) is 0 Å². The van der Waals surface area contributed by atoms with Crippen LogP contribution in [0.25, 0.3) is 0 Å². The molecule has 4 heteroatoms. The molecule has 0 amide bonds. The first-order valence-electron chi connectivity index (χ1n) is 7.60. The zero-order chi connectivity index (χ0) is 13.9. The van der Waals surface area contributed by atoms with Crippen LogP contribution in [0.2, 0.25) is 0 Å². The second-order valence-corrected chi connectivity index (χ2v) is 6.61. The lowest BCUT2D eigenvalue weighted by Crippen LogP contribution is -2.65. The first-order valence-corrected chi connectivity index (χ1v) is 7.60. The number of ether oxygens (including phenoxy) is 1. The number of carbonyl (C=O) groups is 1. The Balaban J connectivity index is 1.98. The summed E-state index contributed by atoms with van der Waals surface area (Å²) < 4.78 is 4.79. The Hall–Kier alpha value is -0.610. The molecule has 4 nitrogen and oxygen atoms in total. The molecule has 1 aliphatic carbocycles. The van der Waals surface area contributed by atoms with E-state index in [0.717, 1.165) is 13.1 Å². The zero-order valence-electron chi connectivity index (χ0n) is 12.6. The molecule has 1 atom stereocenters. The lowest BCUT2D eigenvalue weighted by molar-refractivity contribution is -0.142. The number of methoxy groups -OCH3 is 1. The predicted octanol–water partition coefficient (Wildman–Crippen LogP) is 1.93. The molecule has 19 heavy (non-hydrogen) atoms. The molecule has 2 aliphatic rings. The maximum Gasteiger partial charge on any atom is 0.307 e. The summed E-state index contributed by atoms with van der Waals surface area (Å²) >= 11 is 0. The predicted molar refractivity (Wildman–Crippen MR) is 76.1 cm³/mol. The van der Waals surface area contributed by atoms with Crippen LogP contribution in [0.4, 0.5) is 0 Å². The Morgan fingerprint density at radius 1 is 1.32 bits per heavy atom. The third-order valence-corrected chi connectivity index (χ3v) is 4.67. The van der Waals surface area contributed by atoms with Crippen molar-refractivity contribution in [2.75, 3.05) is 20.2 Å². The average molecular weight is 268 g/mol. The minimum atomic E-state index is -0.110. The van der Waals surface area contributed by atoms with Crippen molar-refractivity contribution in [1.29, 1.82) is 0 Å². The lowest BCUT2D eigenvalue weighted by atomic mass is 9.87. The standard InChI is InChI=1S/C15H28N2O2/c1-15(2)11-16-12(9-14(18)19-3)10-17(15)13-7-5-4-6-8-13/h12-13,16H,4-11H2,1-3H3. The number of carbonyl (C=O) groups excluding carboxylic acids is 1. The van der Waals surface area contributed by atoms with Gasteiger partial charge < -0.3 is 10.1 Å². The van der Waals surface area contributed by atoms with Gasteiger partial charge in [0, 0.05) is 30.7 Å². The largest absolute Gasteiger partial charge is 0.469 e. The molecule has 0 spiro atoms. The molecule has 1 saturated heterocycles. The third kappa shape index (κ3) is 3.69.